The molecule has 20 heavy (non-hydrogen) atoms. The van der Waals surface area contributed by atoms with E-state index in [0.29, 0.717) is 0 Å². The number of primary sulfonamides is 1. The van der Waals surface area contributed by atoms with Gasteiger partial charge in [0, 0.05) is 0 Å². The second-order valence-corrected chi connectivity index (χ2v) is 4.69. The quantitative estimate of drug-likeness (QED) is 0.632. The molecule has 9 nitrogen and oxygen atoms in total. The molecule has 0 aliphatic rings. The van der Waals surface area contributed by atoms with Gasteiger partial charge in [-0.15, -0.1) is 13.2 Å². The van der Waals surface area contributed by atoms with E-state index in [-0.39, 0.29) is 6.20 Å². The predicted molar refractivity (Wildman–Crippen MR) is 55.5 cm³/mol. The number of sulfonamides is 1. The van der Waals surface area contributed by atoms with Gasteiger partial charge >= 0.3 is 12.2 Å². The van der Waals surface area contributed by atoms with Crippen molar-refractivity contribution in [1.29, 1.82) is 0 Å². The standard InChI is InChI=1S/C7H6F3N3O6S/c1-18-5-4(19-7(8,9)10)3(20(11,16)17)2-12-6(5)13(14)15/h2H,1H3,(H2,11,16,17). The second kappa shape index (κ2) is 5.09. The van der Waals surface area contributed by atoms with Gasteiger partial charge in [0.15, 0.2) is 11.1 Å². The van der Waals surface area contributed by atoms with Crippen molar-refractivity contribution in [1.82, 2.24) is 4.98 Å². The molecule has 0 aliphatic heterocycles. The third kappa shape index (κ3) is 3.45. The highest BCUT2D eigenvalue weighted by atomic mass is 32.2. The molecule has 1 heterocycles. The Hall–Kier alpha value is -2.15. The van der Waals surface area contributed by atoms with Crippen molar-refractivity contribution in [2.75, 3.05) is 7.11 Å². The third-order valence-electron chi connectivity index (χ3n) is 1.84. The van der Waals surface area contributed by atoms with Crippen molar-refractivity contribution in [3.63, 3.8) is 0 Å². The molecule has 0 spiro atoms. The number of nitro groups is 1. The normalized spacial score (nSPS) is 12.1. The highest BCUT2D eigenvalue weighted by Crippen LogP contribution is 2.42. The molecule has 112 valence electrons. The van der Waals surface area contributed by atoms with Gasteiger partial charge in [-0.2, -0.15) is 0 Å². The van der Waals surface area contributed by atoms with Gasteiger partial charge in [-0.3, -0.25) is 0 Å². The van der Waals surface area contributed by atoms with Crippen molar-refractivity contribution in [3.8, 4) is 11.5 Å². The van der Waals surface area contributed by atoms with E-state index < -0.39 is 43.5 Å². The first-order chi connectivity index (χ1) is 8.97. The lowest BCUT2D eigenvalue weighted by atomic mass is 10.4. The fraction of sp³-hybridized carbons (Fsp3) is 0.286. The van der Waals surface area contributed by atoms with E-state index in [1.165, 1.54) is 0 Å². The largest absolute Gasteiger partial charge is 0.573 e. The van der Waals surface area contributed by atoms with E-state index in [4.69, 9.17) is 0 Å². The molecule has 1 aromatic rings. The topological polar surface area (TPSA) is 135 Å². The smallest absolute Gasteiger partial charge is 0.486 e. The molecule has 1 aromatic heterocycles. The van der Waals surface area contributed by atoms with E-state index in [1.54, 1.807) is 0 Å². The van der Waals surface area contributed by atoms with Crippen LogP contribution in [0.4, 0.5) is 19.0 Å². The minimum atomic E-state index is -5.32. The Morgan fingerprint density at radius 3 is 2.30 bits per heavy atom. The molecule has 13 heteroatoms. The molecule has 0 unspecified atom stereocenters. The summed E-state index contributed by atoms with van der Waals surface area (Å²) in [5.41, 5.74) is 0. The van der Waals surface area contributed by atoms with Crippen LogP contribution in [0, 0.1) is 10.1 Å². The number of ether oxygens (including phenoxy) is 2. The zero-order chi connectivity index (χ0) is 15.7. The monoisotopic (exact) mass is 317 g/mol. The zero-order valence-corrected chi connectivity index (χ0v) is 10.4. The SMILES string of the molecule is COc1c([N+](=O)[O-])ncc(S(N)(=O)=O)c1OC(F)(F)F. The van der Waals surface area contributed by atoms with Gasteiger partial charge < -0.3 is 19.6 Å². The highest BCUT2D eigenvalue weighted by molar-refractivity contribution is 7.89. The Labute approximate surface area is 109 Å². The molecule has 0 amide bonds. The van der Waals surface area contributed by atoms with Crippen molar-refractivity contribution in [2.24, 2.45) is 5.14 Å². The molecule has 0 bridgehead atoms. The van der Waals surface area contributed by atoms with Crippen LogP contribution in [0.3, 0.4) is 0 Å². The Morgan fingerprint density at radius 1 is 1.40 bits per heavy atom. The maximum Gasteiger partial charge on any atom is 0.573 e. The molecular formula is C7H6F3N3O6S. The average Bonchev–Trinajstić information content (AvgIpc) is 2.24. The molecular weight excluding hydrogens is 311 g/mol. The lowest BCUT2D eigenvalue weighted by Crippen LogP contribution is -2.22. The van der Waals surface area contributed by atoms with E-state index in [0.717, 1.165) is 7.11 Å². The summed E-state index contributed by atoms with van der Waals surface area (Å²) in [6.45, 7) is 0. The Morgan fingerprint density at radius 2 is 1.95 bits per heavy atom. The van der Waals surface area contributed by atoms with Crippen LogP contribution in [0.2, 0.25) is 0 Å². The van der Waals surface area contributed by atoms with Crippen LogP contribution in [-0.4, -0.2) is 31.8 Å². The maximum atomic E-state index is 12.3. The fourth-order valence-corrected chi connectivity index (χ4v) is 1.77. The van der Waals surface area contributed by atoms with Gasteiger partial charge in [-0.25, -0.2) is 13.6 Å². The van der Waals surface area contributed by atoms with Gasteiger partial charge in [0.1, 0.15) is 0 Å². The molecule has 0 atom stereocenters. The molecule has 0 aliphatic carbocycles. The number of pyridine rings is 1. The molecule has 2 N–H and O–H groups in total. The zero-order valence-electron chi connectivity index (χ0n) is 9.54. The molecule has 0 saturated heterocycles. The van der Waals surface area contributed by atoms with Crippen LogP contribution in [0.5, 0.6) is 11.5 Å². The van der Waals surface area contributed by atoms with Crippen molar-refractivity contribution in [2.45, 2.75) is 11.3 Å². The fourth-order valence-electron chi connectivity index (χ4n) is 1.18. The van der Waals surface area contributed by atoms with E-state index in [9.17, 15) is 31.7 Å². The van der Waals surface area contributed by atoms with Gasteiger partial charge in [-0.05, 0) is 9.91 Å². The molecule has 0 fully saturated rings. The van der Waals surface area contributed by atoms with Gasteiger partial charge in [0.2, 0.25) is 15.8 Å². The number of nitrogens with zero attached hydrogens (tertiary/aromatic N) is 2. The Balaban J connectivity index is 3.69. The Bertz CT molecular complexity index is 644. The summed E-state index contributed by atoms with van der Waals surface area (Å²) < 4.78 is 66.9. The summed E-state index contributed by atoms with van der Waals surface area (Å²) >= 11 is 0. The van der Waals surface area contributed by atoms with E-state index >= 15 is 0 Å². The minimum Gasteiger partial charge on any atom is -0.486 e. The summed E-state index contributed by atoms with van der Waals surface area (Å²) in [6, 6.07) is 0. The maximum absolute atomic E-state index is 12.3. The number of hydrogen-bond acceptors (Lipinski definition) is 7. The van der Waals surface area contributed by atoms with Crippen molar-refractivity contribution in [3.05, 3.63) is 16.3 Å². The van der Waals surface area contributed by atoms with Crippen LogP contribution in [-0.2, 0) is 10.0 Å². The summed E-state index contributed by atoms with van der Waals surface area (Å²) in [6.07, 6.45) is -5.04. The van der Waals surface area contributed by atoms with Gasteiger partial charge in [0.25, 0.3) is 5.75 Å². The van der Waals surface area contributed by atoms with Crippen molar-refractivity contribution >= 4 is 15.8 Å². The lowest BCUT2D eigenvalue weighted by Gasteiger charge is -2.14. The molecule has 0 aromatic carbocycles. The Kier molecular flexibility index (Phi) is 4.04. The lowest BCUT2D eigenvalue weighted by molar-refractivity contribution is -0.390. The van der Waals surface area contributed by atoms with Crippen molar-refractivity contribution < 1.29 is 36.0 Å². The van der Waals surface area contributed by atoms with Crippen LogP contribution in [0.25, 0.3) is 0 Å². The molecule has 0 saturated carbocycles. The third-order valence-corrected chi connectivity index (χ3v) is 2.74. The molecule has 1 rings (SSSR count). The van der Waals surface area contributed by atoms with E-state index in [2.05, 4.69) is 19.6 Å². The first-order valence-corrected chi connectivity index (χ1v) is 6.02. The van der Waals surface area contributed by atoms with Gasteiger partial charge in [0.05, 0.1) is 7.11 Å². The van der Waals surface area contributed by atoms with Crippen LogP contribution in [0.15, 0.2) is 11.1 Å². The summed E-state index contributed by atoms with van der Waals surface area (Å²) in [4.78, 5) is 11.3. The van der Waals surface area contributed by atoms with Gasteiger partial charge in [-0.1, -0.05) is 0 Å². The van der Waals surface area contributed by atoms with Crippen LogP contribution < -0.4 is 14.6 Å². The number of hydrogen-bond donors (Lipinski definition) is 1. The summed E-state index contributed by atoms with van der Waals surface area (Å²) in [5, 5.41) is 15.3. The summed E-state index contributed by atoms with van der Waals surface area (Å²) in [7, 11) is -3.89. The number of alkyl halides is 3. The number of aromatic nitrogens is 1. The average molecular weight is 317 g/mol. The number of methoxy groups -OCH3 is 1. The minimum absolute atomic E-state index is 0.275. The number of halogens is 3. The van der Waals surface area contributed by atoms with E-state index in [1.807, 2.05) is 0 Å². The summed E-state index contributed by atoms with van der Waals surface area (Å²) in [5.74, 6) is -3.72. The first kappa shape index (κ1) is 15.9. The highest BCUT2D eigenvalue weighted by Gasteiger charge is 2.39. The second-order valence-electron chi connectivity index (χ2n) is 3.16. The molecule has 0 radical (unpaired) electrons. The number of nitrogens with two attached hydrogens (primary N) is 1. The first-order valence-electron chi connectivity index (χ1n) is 4.47. The number of rotatable bonds is 4. The van der Waals surface area contributed by atoms with Crippen LogP contribution in [0.1, 0.15) is 0 Å². The predicted octanol–water partition coefficient (Wildman–Crippen LogP) is 0.544. The van der Waals surface area contributed by atoms with Crippen LogP contribution >= 0.6 is 0 Å².